The minimum absolute atomic E-state index is 0.0534. The predicted octanol–water partition coefficient (Wildman–Crippen LogP) is -0.435. The van der Waals surface area contributed by atoms with Gasteiger partial charge in [0.15, 0.2) is 0 Å². The van der Waals surface area contributed by atoms with Crippen LogP contribution in [0.1, 0.15) is 10.4 Å². The summed E-state index contributed by atoms with van der Waals surface area (Å²) < 4.78 is 9.00. The third-order valence-corrected chi connectivity index (χ3v) is 1.37. The monoisotopic (exact) mass is 184 g/mol. The Morgan fingerprint density at radius 1 is 1.54 bits per heavy atom. The molecular formula is C7H8N2O4. The molecule has 0 bridgehead atoms. The Hall–Kier alpha value is -1.85. The Bertz CT molecular complexity index is 371. The molecular weight excluding hydrogens is 176 g/mol. The zero-order valence-corrected chi connectivity index (χ0v) is 7.16. The number of hydrogen-bond acceptors (Lipinski definition) is 5. The van der Waals surface area contributed by atoms with E-state index in [0.29, 0.717) is 0 Å². The van der Waals surface area contributed by atoms with Crippen LogP contribution in [0.25, 0.3) is 0 Å². The summed E-state index contributed by atoms with van der Waals surface area (Å²) in [7, 11) is 2.54. The lowest BCUT2D eigenvalue weighted by Gasteiger charge is -1.99. The summed E-state index contributed by atoms with van der Waals surface area (Å²) >= 11 is 0. The van der Waals surface area contributed by atoms with Gasteiger partial charge in [0.1, 0.15) is 5.56 Å². The summed E-state index contributed by atoms with van der Waals surface area (Å²) in [5, 5.41) is 0. The first kappa shape index (κ1) is 9.24. The molecule has 0 aliphatic rings. The van der Waals surface area contributed by atoms with Crippen LogP contribution in [0.4, 0.5) is 0 Å². The highest BCUT2D eigenvalue weighted by atomic mass is 16.5. The van der Waals surface area contributed by atoms with Gasteiger partial charge < -0.3 is 9.47 Å². The zero-order chi connectivity index (χ0) is 9.84. The second-order valence-corrected chi connectivity index (χ2v) is 2.13. The van der Waals surface area contributed by atoms with Crippen molar-refractivity contribution in [1.29, 1.82) is 0 Å². The minimum Gasteiger partial charge on any atom is -0.468 e. The molecule has 0 fully saturated rings. The second kappa shape index (κ2) is 3.70. The van der Waals surface area contributed by atoms with Gasteiger partial charge in [-0.15, -0.1) is 0 Å². The molecule has 1 N–H and O–H groups in total. The van der Waals surface area contributed by atoms with Crippen LogP contribution in [0.15, 0.2) is 11.0 Å². The molecule has 6 nitrogen and oxygen atoms in total. The number of aromatic nitrogens is 2. The van der Waals surface area contributed by atoms with Crippen molar-refractivity contribution in [3.63, 3.8) is 0 Å². The summed E-state index contributed by atoms with van der Waals surface area (Å²) in [6.07, 6.45) is 1.10. The van der Waals surface area contributed by atoms with Crippen molar-refractivity contribution < 1.29 is 14.3 Å². The summed E-state index contributed by atoms with van der Waals surface area (Å²) in [5.74, 6) is -0.726. The van der Waals surface area contributed by atoms with Gasteiger partial charge in [0.05, 0.1) is 20.4 Å². The van der Waals surface area contributed by atoms with Gasteiger partial charge in [-0.1, -0.05) is 0 Å². The van der Waals surface area contributed by atoms with E-state index in [-0.39, 0.29) is 11.6 Å². The maximum Gasteiger partial charge on any atom is 0.345 e. The summed E-state index contributed by atoms with van der Waals surface area (Å²) in [6, 6.07) is 0.0534. The largest absolute Gasteiger partial charge is 0.468 e. The van der Waals surface area contributed by atoms with E-state index < -0.39 is 11.5 Å². The molecule has 1 rings (SSSR count). The summed E-state index contributed by atoms with van der Waals surface area (Å²) in [6.45, 7) is 0. The van der Waals surface area contributed by atoms with Gasteiger partial charge in [-0.3, -0.25) is 9.78 Å². The Labute approximate surface area is 73.5 Å². The Morgan fingerprint density at radius 3 is 2.69 bits per heavy atom. The molecule has 1 aromatic heterocycles. The van der Waals surface area contributed by atoms with Crippen LogP contribution in [0, 0.1) is 0 Å². The number of ether oxygens (including phenoxy) is 2. The van der Waals surface area contributed by atoms with E-state index in [1.807, 2.05) is 0 Å². The Morgan fingerprint density at radius 2 is 2.23 bits per heavy atom. The molecule has 0 unspecified atom stereocenters. The molecule has 1 heterocycles. The number of H-pyrrole nitrogens is 1. The zero-order valence-electron chi connectivity index (χ0n) is 7.16. The van der Waals surface area contributed by atoms with Crippen LogP contribution in [-0.2, 0) is 4.74 Å². The van der Waals surface area contributed by atoms with Gasteiger partial charge in [-0.05, 0) is 0 Å². The molecule has 0 aromatic carbocycles. The average molecular weight is 184 g/mol. The average Bonchev–Trinajstić information content (AvgIpc) is 2.16. The van der Waals surface area contributed by atoms with Crippen molar-refractivity contribution in [3.8, 4) is 6.01 Å². The number of nitrogens with one attached hydrogen (secondary N) is 1. The summed E-state index contributed by atoms with van der Waals surface area (Å²) in [4.78, 5) is 27.9. The number of carbonyl (C=O) groups is 1. The highest BCUT2D eigenvalue weighted by Gasteiger charge is 2.11. The van der Waals surface area contributed by atoms with Gasteiger partial charge in [0.25, 0.3) is 11.6 Å². The van der Waals surface area contributed by atoms with Crippen LogP contribution < -0.4 is 10.3 Å². The van der Waals surface area contributed by atoms with Gasteiger partial charge in [-0.2, -0.15) is 0 Å². The number of carbonyl (C=O) groups excluding carboxylic acids is 1. The van der Waals surface area contributed by atoms with E-state index in [9.17, 15) is 9.59 Å². The maximum absolute atomic E-state index is 11.1. The maximum atomic E-state index is 11.1. The van der Waals surface area contributed by atoms with Gasteiger partial charge >= 0.3 is 5.97 Å². The third-order valence-electron chi connectivity index (χ3n) is 1.37. The number of hydrogen-bond donors (Lipinski definition) is 1. The number of rotatable bonds is 2. The number of methoxy groups -OCH3 is 2. The van der Waals surface area contributed by atoms with Gasteiger partial charge in [0, 0.05) is 0 Å². The standard InChI is InChI=1S/C7H8N2O4/c1-12-6(11)4-3-8-7(13-2)9-5(4)10/h3H,1-2H3,(H,8,9,10). The number of esters is 1. The quantitative estimate of drug-likeness (QED) is 0.630. The van der Waals surface area contributed by atoms with Crippen LogP contribution >= 0.6 is 0 Å². The fourth-order valence-electron chi connectivity index (χ4n) is 0.738. The smallest absolute Gasteiger partial charge is 0.345 e. The van der Waals surface area contributed by atoms with Crippen molar-refractivity contribution in [3.05, 3.63) is 22.1 Å². The van der Waals surface area contributed by atoms with E-state index in [2.05, 4.69) is 19.4 Å². The molecule has 6 heteroatoms. The van der Waals surface area contributed by atoms with Crippen LogP contribution in [0.3, 0.4) is 0 Å². The normalized spacial score (nSPS) is 9.38. The molecule has 1 aromatic rings. The first-order valence-electron chi connectivity index (χ1n) is 3.40. The van der Waals surface area contributed by atoms with Gasteiger partial charge in [0.2, 0.25) is 0 Å². The van der Waals surface area contributed by atoms with Crippen LogP contribution in [0.5, 0.6) is 6.01 Å². The van der Waals surface area contributed by atoms with E-state index in [4.69, 9.17) is 0 Å². The fraction of sp³-hybridized carbons (Fsp3) is 0.286. The number of aromatic amines is 1. The fourth-order valence-corrected chi connectivity index (χ4v) is 0.738. The predicted molar refractivity (Wildman–Crippen MR) is 42.7 cm³/mol. The van der Waals surface area contributed by atoms with Gasteiger partial charge in [-0.25, -0.2) is 9.78 Å². The molecule has 0 spiro atoms. The highest BCUT2D eigenvalue weighted by Crippen LogP contribution is 1.97. The van der Waals surface area contributed by atoms with Crippen molar-refractivity contribution in [2.75, 3.05) is 14.2 Å². The Kier molecular flexibility index (Phi) is 2.63. The summed E-state index contributed by atoms with van der Waals surface area (Å²) in [5.41, 5.74) is -0.734. The molecule has 13 heavy (non-hydrogen) atoms. The molecule has 0 radical (unpaired) electrons. The lowest BCUT2D eigenvalue weighted by molar-refractivity contribution is 0.0598. The highest BCUT2D eigenvalue weighted by molar-refractivity contribution is 5.88. The van der Waals surface area contributed by atoms with Crippen LogP contribution in [-0.4, -0.2) is 30.2 Å². The molecule has 70 valence electrons. The number of nitrogens with zero attached hydrogens (tertiary/aromatic N) is 1. The molecule has 0 saturated heterocycles. The third kappa shape index (κ3) is 1.84. The van der Waals surface area contributed by atoms with E-state index in [1.54, 1.807) is 0 Å². The van der Waals surface area contributed by atoms with E-state index in [0.717, 1.165) is 6.20 Å². The van der Waals surface area contributed by atoms with Crippen molar-refractivity contribution in [1.82, 2.24) is 9.97 Å². The molecule has 0 atom stereocenters. The second-order valence-electron chi connectivity index (χ2n) is 2.13. The van der Waals surface area contributed by atoms with Crippen molar-refractivity contribution in [2.24, 2.45) is 0 Å². The van der Waals surface area contributed by atoms with E-state index >= 15 is 0 Å². The topological polar surface area (TPSA) is 81.3 Å². The lowest BCUT2D eigenvalue weighted by Crippen LogP contribution is -2.19. The van der Waals surface area contributed by atoms with Crippen LogP contribution in [0.2, 0.25) is 0 Å². The lowest BCUT2D eigenvalue weighted by atomic mass is 10.3. The molecule has 0 amide bonds. The first-order valence-corrected chi connectivity index (χ1v) is 3.40. The molecule has 0 saturated carbocycles. The minimum atomic E-state index is -0.726. The molecule has 0 aliphatic carbocycles. The van der Waals surface area contributed by atoms with Crippen molar-refractivity contribution >= 4 is 5.97 Å². The van der Waals surface area contributed by atoms with E-state index in [1.165, 1.54) is 14.2 Å². The Balaban J connectivity index is 3.13. The van der Waals surface area contributed by atoms with Crippen molar-refractivity contribution in [2.45, 2.75) is 0 Å². The SMILES string of the molecule is COC(=O)c1cnc(OC)[nH]c1=O. The molecule has 0 aliphatic heterocycles. The first-order chi connectivity index (χ1) is 6.19.